The van der Waals surface area contributed by atoms with Crippen molar-refractivity contribution in [2.45, 2.75) is 32.6 Å². The molecule has 0 bridgehead atoms. The first-order valence-electron chi connectivity index (χ1n) is 7.75. The van der Waals surface area contributed by atoms with E-state index in [4.69, 9.17) is 10.5 Å². The lowest BCUT2D eigenvalue weighted by Gasteiger charge is -2.10. The summed E-state index contributed by atoms with van der Waals surface area (Å²) >= 11 is 0. The fraction of sp³-hybridized carbons (Fsp3) is 0.263. The van der Waals surface area contributed by atoms with Gasteiger partial charge in [0.05, 0.1) is 0 Å². The SMILES string of the molecule is CCCCCC(=O)Oc1cccc(-c2cccc(N)c2)c1C#N. The van der Waals surface area contributed by atoms with Gasteiger partial charge in [-0.15, -0.1) is 0 Å². The van der Waals surface area contributed by atoms with E-state index < -0.39 is 0 Å². The second-order valence-corrected chi connectivity index (χ2v) is 5.35. The first-order valence-corrected chi connectivity index (χ1v) is 7.75. The van der Waals surface area contributed by atoms with Crippen molar-refractivity contribution in [3.8, 4) is 22.9 Å². The molecule has 0 unspecified atom stereocenters. The van der Waals surface area contributed by atoms with Crippen LogP contribution in [0.4, 0.5) is 5.69 Å². The summed E-state index contributed by atoms with van der Waals surface area (Å²) in [5, 5.41) is 9.48. The molecule has 2 rings (SSSR count). The first-order chi connectivity index (χ1) is 11.2. The maximum absolute atomic E-state index is 11.9. The highest BCUT2D eigenvalue weighted by Crippen LogP contribution is 2.31. The Kier molecular flexibility index (Phi) is 5.76. The number of esters is 1. The number of anilines is 1. The quantitative estimate of drug-likeness (QED) is 0.374. The molecular formula is C19H20N2O2. The molecule has 0 saturated heterocycles. The molecule has 2 aromatic rings. The van der Waals surface area contributed by atoms with Gasteiger partial charge in [-0.2, -0.15) is 5.26 Å². The minimum atomic E-state index is -0.306. The largest absolute Gasteiger partial charge is 0.425 e. The van der Waals surface area contributed by atoms with E-state index in [1.165, 1.54) is 0 Å². The molecule has 2 aromatic carbocycles. The van der Waals surface area contributed by atoms with Crippen LogP contribution in [0.2, 0.25) is 0 Å². The number of ether oxygens (including phenoxy) is 1. The maximum Gasteiger partial charge on any atom is 0.311 e. The number of hydrogen-bond acceptors (Lipinski definition) is 4. The molecule has 0 radical (unpaired) electrons. The zero-order valence-electron chi connectivity index (χ0n) is 13.2. The van der Waals surface area contributed by atoms with Crippen LogP contribution in [-0.2, 0) is 4.79 Å². The predicted octanol–water partition coefficient (Wildman–Crippen LogP) is 4.29. The molecule has 0 aliphatic rings. The summed E-state index contributed by atoms with van der Waals surface area (Å²) < 4.78 is 5.38. The van der Waals surface area contributed by atoms with Crippen molar-refractivity contribution in [3.05, 3.63) is 48.0 Å². The van der Waals surface area contributed by atoms with Gasteiger partial charge in [-0.1, -0.05) is 44.0 Å². The molecule has 0 aliphatic carbocycles. The zero-order valence-corrected chi connectivity index (χ0v) is 13.2. The molecule has 0 amide bonds. The van der Waals surface area contributed by atoms with Gasteiger partial charge in [0, 0.05) is 17.7 Å². The number of benzene rings is 2. The molecule has 4 heteroatoms. The van der Waals surface area contributed by atoms with Gasteiger partial charge in [-0.05, 0) is 30.2 Å². The van der Waals surface area contributed by atoms with E-state index in [0.717, 1.165) is 24.8 Å². The van der Waals surface area contributed by atoms with E-state index in [9.17, 15) is 10.1 Å². The van der Waals surface area contributed by atoms with Crippen LogP contribution in [0.15, 0.2) is 42.5 Å². The van der Waals surface area contributed by atoms with E-state index >= 15 is 0 Å². The maximum atomic E-state index is 11.9. The fourth-order valence-electron chi connectivity index (χ4n) is 2.37. The Labute approximate surface area is 136 Å². The van der Waals surface area contributed by atoms with Gasteiger partial charge in [0.15, 0.2) is 0 Å². The Balaban J connectivity index is 2.27. The summed E-state index contributed by atoms with van der Waals surface area (Å²) in [5.74, 6) is -0.00593. The summed E-state index contributed by atoms with van der Waals surface area (Å²) in [6.07, 6.45) is 3.19. The second kappa shape index (κ2) is 8.00. The van der Waals surface area contributed by atoms with Crippen LogP contribution in [-0.4, -0.2) is 5.97 Å². The number of rotatable bonds is 6. The molecule has 0 aliphatic heterocycles. The molecule has 4 nitrogen and oxygen atoms in total. The van der Waals surface area contributed by atoms with Crippen LogP contribution in [0.3, 0.4) is 0 Å². The van der Waals surface area contributed by atoms with Crippen molar-refractivity contribution in [3.63, 3.8) is 0 Å². The minimum Gasteiger partial charge on any atom is -0.425 e. The van der Waals surface area contributed by atoms with E-state index in [2.05, 4.69) is 13.0 Å². The van der Waals surface area contributed by atoms with Crippen LogP contribution in [0.25, 0.3) is 11.1 Å². The lowest BCUT2D eigenvalue weighted by Crippen LogP contribution is -2.09. The predicted molar refractivity (Wildman–Crippen MR) is 90.8 cm³/mol. The van der Waals surface area contributed by atoms with Gasteiger partial charge >= 0.3 is 5.97 Å². The van der Waals surface area contributed by atoms with Crippen LogP contribution >= 0.6 is 0 Å². The number of nitrogens with zero attached hydrogens (tertiary/aromatic N) is 1. The number of carbonyl (C=O) groups excluding carboxylic acids is 1. The smallest absolute Gasteiger partial charge is 0.311 e. The number of unbranched alkanes of at least 4 members (excludes halogenated alkanes) is 2. The molecule has 0 aromatic heterocycles. The van der Waals surface area contributed by atoms with E-state index in [1.54, 1.807) is 24.3 Å². The fourth-order valence-corrected chi connectivity index (χ4v) is 2.37. The standard InChI is InChI=1S/C19H20N2O2/c1-2-3-4-11-19(22)23-18-10-6-9-16(17(18)13-20)14-7-5-8-15(21)12-14/h5-10,12H,2-4,11,21H2,1H3. The topological polar surface area (TPSA) is 76.1 Å². The number of nitrogens with two attached hydrogens (primary N) is 1. The Morgan fingerprint density at radius 2 is 2.00 bits per heavy atom. The normalized spacial score (nSPS) is 10.1. The summed E-state index contributed by atoms with van der Waals surface area (Å²) in [5.41, 5.74) is 8.31. The summed E-state index contributed by atoms with van der Waals surface area (Å²) in [6.45, 7) is 2.08. The Morgan fingerprint density at radius 1 is 1.22 bits per heavy atom. The van der Waals surface area contributed by atoms with Gasteiger partial charge in [0.2, 0.25) is 0 Å². The van der Waals surface area contributed by atoms with Crippen molar-refractivity contribution in [2.24, 2.45) is 0 Å². The highest BCUT2D eigenvalue weighted by atomic mass is 16.5. The second-order valence-electron chi connectivity index (χ2n) is 5.35. The summed E-state index contributed by atoms with van der Waals surface area (Å²) in [4.78, 5) is 11.9. The Bertz CT molecular complexity index is 732. The number of nitrogen functional groups attached to an aromatic ring is 1. The third-order valence-corrected chi connectivity index (χ3v) is 3.54. The molecule has 0 saturated carbocycles. The van der Waals surface area contributed by atoms with Crippen molar-refractivity contribution < 1.29 is 9.53 Å². The molecule has 0 fully saturated rings. The van der Waals surface area contributed by atoms with Crippen LogP contribution in [0.5, 0.6) is 5.75 Å². The molecular weight excluding hydrogens is 288 g/mol. The van der Waals surface area contributed by atoms with Crippen molar-refractivity contribution in [1.29, 1.82) is 5.26 Å². The lowest BCUT2D eigenvalue weighted by atomic mass is 9.99. The highest BCUT2D eigenvalue weighted by Gasteiger charge is 2.14. The average molecular weight is 308 g/mol. The number of carbonyl (C=O) groups is 1. The lowest BCUT2D eigenvalue weighted by molar-refractivity contribution is -0.134. The van der Waals surface area contributed by atoms with E-state index in [-0.39, 0.29) is 5.97 Å². The van der Waals surface area contributed by atoms with Crippen LogP contribution in [0, 0.1) is 11.3 Å². The minimum absolute atomic E-state index is 0.300. The molecule has 0 spiro atoms. The molecule has 23 heavy (non-hydrogen) atoms. The molecule has 0 atom stereocenters. The monoisotopic (exact) mass is 308 g/mol. The van der Waals surface area contributed by atoms with Gasteiger partial charge in [0.25, 0.3) is 0 Å². The van der Waals surface area contributed by atoms with Crippen molar-refractivity contribution >= 4 is 11.7 Å². The summed E-state index contributed by atoms with van der Waals surface area (Å²) in [7, 11) is 0. The third kappa shape index (κ3) is 4.33. The molecule has 2 N–H and O–H groups in total. The van der Waals surface area contributed by atoms with Crippen LogP contribution < -0.4 is 10.5 Å². The van der Waals surface area contributed by atoms with Gasteiger partial charge in [-0.3, -0.25) is 4.79 Å². The van der Waals surface area contributed by atoms with Crippen molar-refractivity contribution in [2.75, 3.05) is 5.73 Å². The number of hydrogen-bond donors (Lipinski definition) is 1. The number of nitriles is 1. The average Bonchev–Trinajstić information content (AvgIpc) is 2.55. The van der Waals surface area contributed by atoms with E-state index in [0.29, 0.717) is 29.0 Å². The highest BCUT2D eigenvalue weighted by molar-refractivity contribution is 5.79. The van der Waals surface area contributed by atoms with E-state index in [1.807, 2.05) is 18.2 Å². The Morgan fingerprint density at radius 3 is 2.70 bits per heavy atom. The van der Waals surface area contributed by atoms with Gasteiger partial charge in [0.1, 0.15) is 17.4 Å². The Hall–Kier alpha value is -2.80. The van der Waals surface area contributed by atoms with Gasteiger partial charge in [-0.25, -0.2) is 0 Å². The summed E-state index contributed by atoms with van der Waals surface area (Å²) in [6, 6.07) is 14.7. The van der Waals surface area contributed by atoms with Crippen LogP contribution in [0.1, 0.15) is 38.2 Å². The third-order valence-electron chi connectivity index (χ3n) is 3.54. The zero-order chi connectivity index (χ0) is 16.7. The molecule has 118 valence electrons. The van der Waals surface area contributed by atoms with Gasteiger partial charge < -0.3 is 10.5 Å². The molecule has 0 heterocycles. The first kappa shape index (κ1) is 16.6. The van der Waals surface area contributed by atoms with Crippen molar-refractivity contribution in [1.82, 2.24) is 0 Å².